The van der Waals surface area contributed by atoms with E-state index in [2.05, 4.69) is 36.8 Å². The lowest BCUT2D eigenvalue weighted by Crippen LogP contribution is -2.07. The van der Waals surface area contributed by atoms with Gasteiger partial charge in [-0.3, -0.25) is 9.78 Å². The third-order valence-corrected chi connectivity index (χ3v) is 4.03. The molecule has 0 radical (unpaired) electrons. The number of halogens is 2. The van der Waals surface area contributed by atoms with E-state index in [1.54, 1.807) is 6.20 Å². The summed E-state index contributed by atoms with van der Waals surface area (Å²) in [5.74, 6) is 0.0867. The molecule has 0 aliphatic heterocycles. The minimum Gasteiger partial charge on any atom is -0.294 e. The van der Waals surface area contributed by atoms with Crippen LogP contribution in [0.25, 0.3) is 0 Å². The highest BCUT2D eigenvalue weighted by atomic mass is 79.9. The van der Waals surface area contributed by atoms with Crippen LogP contribution in [-0.4, -0.2) is 10.8 Å². The maximum atomic E-state index is 12.2. The highest BCUT2D eigenvalue weighted by molar-refractivity contribution is 9.10. The number of hydrogen-bond donors (Lipinski definition) is 0. The molecular formula is C14H11Br2NO. The third kappa shape index (κ3) is 3.06. The summed E-state index contributed by atoms with van der Waals surface area (Å²) in [5.41, 5.74) is 2.50. The highest BCUT2D eigenvalue weighted by Crippen LogP contribution is 2.20. The zero-order chi connectivity index (χ0) is 13.1. The molecule has 2 aromatic rings. The fourth-order valence-corrected chi connectivity index (χ4v) is 2.28. The van der Waals surface area contributed by atoms with Crippen LogP contribution >= 0.6 is 31.9 Å². The third-order valence-electron chi connectivity index (χ3n) is 2.70. The first-order chi connectivity index (χ1) is 8.58. The molecular weight excluding hydrogens is 358 g/mol. The molecule has 0 unspecified atom stereocenters. The van der Waals surface area contributed by atoms with E-state index < -0.39 is 0 Å². The SMILES string of the molecule is Cc1c(Br)cccc1C(=O)Cc1ccc(Br)cn1. The standard InChI is InChI=1S/C14H11Br2NO/c1-9-12(3-2-4-13(9)16)14(18)7-11-6-5-10(15)8-17-11/h2-6,8H,7H2,1H3. The van der Waals surface area contributed by atoms with E-state index in [1.807, 2.05) is 37.3 Å². The monoisotopic (exact) mass is 367 g/mol. The molecule has 0 N–H and O–H groups in total. The normalized spacial score (nSPS) is 10.4. The van der Waals surface area contributed by atoms with E-state index in [9.17, 15) is 4.79 Å². The number of carbonyl (C=O) groups excluding carboxylic acids is 1. The lowest BCUT2D eigenvalue weighted by atomic mass is 10.0. The average Bonchev–Trinajstić information content (AvgIpc) is 2.35. The van der Waals surface area contributed by atoms with E-state index >= 15 is 0 Å². The van der Waals surface area contributed by atoms with Crippen molar-refractivity contribution in [3.8, 4) is 0 Å². The Kier molecular flexibility index (Phi) is 4.30. The Balaban J connectivity index is 2.22. The number of aromatic nitrogens is 1. The zero-order valence-electron chi connectivity index (χ0n) is 9.78. The van der Waals surface area contributed by atoms with Gasteiger partial charge in [-0.05, 0) is 46.6 Å². The van der Waals surface area contributed by atoms with Gasteiger partial charge >= 0.3 is 0 Å². The number of rotatable bonds is 3. The molecule has 0 saturated heterocycles. The van der Waals surface area contributed by atoms with Crippen LogP contribution in [-0.2, 0) is 6.42 Å². The molecule has 1 aromatic heterocycles. The number of carbonyl (C=O) groups is 1. The van der Waals surface area contributed by atoms with Gasteiger partial charge in [-0.1, -0.05) is 28.1 Å². The van der Waals surface area contributed by atoms with Crippen LogP contribution in [0.4, 0.5) is 0 Å². The Morgan fingerprint density at radius 2 is 2.00 bits per heavy atom. The van der Waals surface area contributed by atoms with E-state index in [-0.39, 0.29) is 5.78 Å². The number of ketones is 1. The van der Waals surface area contributed by atoms with Gasteiger partial charge < -0.3 is 0 Å². The zero-order valence-corrected chi connectivity index (χ0v) is 13.0. The van der Waals surface area contributed by atoms with Gasteiger partial charge in [0, 0.05) is 26.4 Å². The van der Waals surface area contributed by atoms with Crippen molar-refractivity contribution in [2.75, 3.05) is 0 Å². The summed E-state index contributed by atoms with van der Waals surface area (Å²) in [7, 11) is 0. The number of benzene rings is 1. The Morgan fingerprint density at radius 1 is 1.22 bits per heavy atom. The van der Waals surface area contributed by atoms with Crippen molar-refractivity contribution < 1.29 is 4.79 Å². The van der Waals surface area contributed by atoms with Crippen molar-refractivity contribution >= 4 is 37.6 Å². The highest BCUT2D eigenvalue weighted by Gasteiger charge is 2.12. The molecule has 0 fully saturated rings. The summed E-state index contributed by atoms with van der Waals surface area (Å²) in [6, 6.07) is 9.41. The first kappa shape index (κ1) is 13.4. The van der Waals surface area contributed by atoms with Crippen LogP contribution in [0.2, 0.25) is 0 Å². The van der Waals surface area contributed by atoms with Gasteiger partial charge in [0.05, 0.1) is 6.42 Å². The molecule has 1 aromatic carbocycles. The molecule has 0 bridgehead atoms. The van der Waals surface area contributed by atoms with Crippen LogP contribution in [0.15, 0.2) is 45.5 Å². The summed E-state index contributed by atoms with van der Waals surface area (Å²) < 4.78 is 1.87. The summed E-state index contributed by atoms with van der Waals surface area (Å²) in [6.07, 6.45) is 2.03. The predicted molar refractivity (Wildman–Crippen MR) is 78.9 cm³/mol. The maximum Gasteiger partial charge on any atom is 0.169 e. The van der Waals surface area contributed by atoms with Gasteiger partial charge in [-0.2, -0.15) is 0 Å². The van der Waals surface area contributed by atoms with E-state index in [4.69, 9.17) is 0 Å². The van der Waals surface area contributed by atoms with Gasteiger partial charge in [-0.15, -0.1) is 0 Å². The van der Waals surface area contributed by atoms with Gasteiger partial charge in [0.25, 0.3) is 0 Å². The van der Waals surface area contributed by atoms with E-state index in [0.29, 0.717) is 6.42 Å². The number of pyridine rings is 1. The van der Waals surface area contributed by atoms with Crippen LogP contribution < -0.4 is 0 Å². The number of hydrogen-bond acceptors (Lipinski definition) is 2. The maximum absolute atomic E-state index is 12.2. The minimum absolute atomic E-state index is 0.0867. The first-order valence-electron chi connectivity index (χ1n) is 5.46. The Bertz CT molecular complexity index is 579. The first-order valence-corrected chi connectivity index (χ1v) is 7.05. The molecule has 0 aliphatic rings. The molecule has 0 atom stereocenters. The van der Waals surface area contributed by atoms with Crippen molar-refractivity contribution in [2.24, 2.45) is 0 Å². The van der Waals surface area contributed by atoms with Crippen molar-refractivity contribution in [2.45, 2.75) is 13.3 Å². The summed E-state index contributed by atoms with van der Waals surface area (Å²) >= 11 is 6.76. The molecule has 0 amide bonds. The molecule has 92 valence electrons. The van der Waals surface area contributed by atoms with Crippen molar-refractivity contribution in [1.29, 1.82) is 0 Å². The van der Waals surface area contributed by atoms with Crippen molar-refractivity contribution in [3.63, 3.8) is 0 Å². The summed E-state index contributed by atoms with van der Waals surface area (Å²) in [5, 5.41) is 0. The quantitative estimate of drug-likeness (QED) is 0.754. The minimum atomic E-state index is 0.0867. The average molecular weight is 369 g/mol. The molecule has 4 heteroatoms. The molecule has 0 aliphatic carbocycles. The fraction of sp³-hybridized carbons (Fsp3) is 0.143. The topological polar surface area (TPSA) is 30.0 Å². The summed E-state index contributed by atoms with van der Waals surface area (Å²) in [6.45, 7) is 1.94. The summed E-state index contributed by atoms with van der Waals surface area (Å²) in [4.78, 5) is 16.4. The molecule has 0 saturated carbocycles. The Hall–Kier alpha value is -1.00. The Labute approximate surface area is 123 Å². The smallest absolute Gasteiger partial charge is 0.169 e. The van der Waals surface area contributed by atoms with Crippen LogP contribution in [0.5, 0.6) is 0 Å². The van der Waals surface area contributed by atoms with Gasteiger partial charge in [0.15, 0.2) is 5.78 Å². The largest absolute Gasteiger partial charge is 0.294 e. The fourth-order valence-electron chi connectivity index (χ4n) is 1.68. The van der Waals surface area contributed by atoms with Crippen molar-refractivity contribution in [1.82, 2.24) is 4.98 Å². The number of Topliss-reactive ketones (excluding diaryl/α,β-unsaturated/α-hetero) is 1. The van der Waals surface area contributed by atoms with Gasteiger partial charge in [0.1, 0.15) is 0 Å². The lowest BCUT2D eigenvalue weighted by Gasteiger charge is -2.06. The predicted octanol–water partition coefficient (Wildman–Crippen LogP) is 4.34. The Morgan fingerprint density at radius 3 is 2.67 bits per heavy atom. The second-order valence-corrected chi connectivity index (χ2v) is 5.75. The molecule has 2 rings (SSSR count). The number of nitrogens with zero attached hydrogens (tertiary/aromatic N) is 1. The lowest BCUT2D eigenvalue weighted by molar-refractivity contribution is 0.0991. The van der Waals surface area contributed by atoms with Crippen molar-refractivity contribution in [3.05, 3.63) is 62.3 Å². The van der Waals surface area contributed by atoms with Gasteiger partial charge in [0.2, 0.25) is 0 Å². The van der Waals surface area contributed by atoms with E-state index in [0.717, 1.165) is 25.8 Å². The molecule has 18 heavy (non-hydrogen) atoms. The van der Waals surface area contributed by atoms with Crippen LogP contribution in [0.1, 0.15) is 21.6 Å². The molecule has 1 heterocycles. The van der Waals surface area contributed by atoms with Crippen LogP contribution in [0, 0.1) is 6.92 Å². The van der Waals surface area contributed by atoms with Crippen LogP contribution in [0.3, 0.4) is 0 Å². The second-order valence-electron chi connectivity index (χ2n) is 3.98. The molecule has 0 spiro atoms. The molecule has 2 nitrogen and oxygen atoms in total. The second kappa shape index (κ2) is 5.76. The van der Waals surface area contributed by atoms with Gasteiger partial charge in [-0.25, -0.2) is 0 Å². The van der Waals surface area contributed by atoms with E-state index in [1.165, 1.54) is 0 Å².